The first-order valence-electron chi connectivity index (χ1n) is 14.8. The van der Waals surface area contributed by atoms with Crippen molar-refractivity contribution in [2.24, 2.45) is 0 Å². The van der Waals surface area contributed by atoms with E-state index in [-0.39, 0.29) is 5.56 Å². The van der Waals surface area contributed by atoms with Gasteiger partial charge in [0.25, 0.3) is 5.56 Å². The summed E-state index contributed by atoms with van der Waals surface area (Å²) in [5, 5.41) is 7.98. The highest BCUT2D eigenvalue weighted by Crippen LogP contribution is 2.40. The van der Waals surface area contributed by atoms with Crippen molar-refractivity contribution in [3.8, 4) is 16.8 Å². The van der Waals surface area contributed by atoms with E-state index in [1.807, 2.05) is 4.40 Å². The molecule has 3 heterocycles. The number of hydrogen-bond acceptors (Lipinski definition) is 1. The third kappa shape index (κ3) is 3.13. The van der Waals surface area contributed by atoms with E-state index in [0.29, 0.717) is 5.56 Å². The van der Waals surface area contributed by atoms with Crippen molar-refractivity contribution in [2.75, 3.05) is 0 Å². The Morgan fingerprint density at radius 2 is 1.11 bits per heavy atom. The zero-order valence-electron chi connectivity index (χ0n) is 23.9. The van der Waals surface area contributed by atoms with Crippen molar-refractivity contribution in [1.82, 2.24) is 8.97 Å². The molecular weight excluding hydrogens is 536 g/mol. The molecule has 3 nitrogen and oxygen atoms in total. The molecule has 3 aromatic heterocycles. The van der Waals surface area contributed by atoms with E-state index in [0.717, 1.165) is 49.6 Å². The molecule has 0 amide bonds. The predicted octanol–water partition coefficient (Wildman–Crippen LogP) is 10.2. The van der Waals surface area contributed by atoms with Gasteiger partial charge in [-0.15, -0.1) is 0 Å². The molecule has 0 N–H and O–H groups in total. The maximum atomic E-state index is 13.7. The zero-order valence-corrected chi connectivity index (χ0v) is 23.9. The molecule has 0 bridgehead atoms. The van der Waals surface area contributed by atoms with Crippen LogP contribution in [0.15, 0.2) is 139 Å². The molecule has 9 aromatic rings. The molecule has 0 saturated heterocycles. The van der Waals surface area contributed by atoms with Crippen LogP contribution in [0.3, 0.4) is 0 Å². The maximum Gasteiger partial charge on any atom is 0.263 e. The summed E-state index contributed by atoms with van der Waals surface area (Å²) < 4.78 is 4.23. The van der Waals surface area contributed by atoms with Crippen molar-refractivity contribution in [1.29, 1.82) is 0 Å². The Balaban J connectivity index is 1.33. The van der Waals surface area contributed by atoms with Gasteiger partial charge in [-0.25, -0.2) is 0 Å². The summed E-state index contributed by atoms with van der Waals surface area (Å²) in [7, 11) is 0. The molecule has 0 radical (unpaired) electrons. The van der Waals surface area contributed by atoms with Gasteiger partial charge in [0.2, 0.25) is 0 Å². The van der Waals surface area contributed by atoms with Crippen LogP contribution in [0, 0.1) is 0 Å². The number of pyridine rings is 1. The average Bonchev–Trinajstić information content (AvgIpc) is 3.59. The van der Waals surface area contributed by atoms with Gasteiger partial charge in [0.1, 0.15) is 0 Å². The van der Waals surface area contributed by atoms with Gasteiger partial charge in [-0.2, -0.15) is 0 Å². The lowest BCUT2D eigenvalue weighted by Gasteiger charge is -2.15. The number of benzene rings is 6. The third-order valence-electron chi connectivity index (χ3n) is 9.24. The van der Waals surface area contributed by atoms with E-state index >= 15 is 0 Å². The van der Waals surface area contributed by atoms with Gasteiger partial charge >= 0.3 is 0 Å². The van der Waals surface area contributed by atoms with Crippen LogP contribution in [0.25, 0.3) is 88.7 Å². The molecule has 44 heavy (non-hydrogen) atoms. The Hall–Kier alpha value is -5.93. The Morgan fingerprint density at radius 1 is 0.500 bits per heavy atom. The van der Waals surface area contributed by atoms with Crippen LogP contribution in [0.1, 0.15) is 11.1 Å². The summed E-state index contributed by atoms with van der Waals surface area (Å²) in [6.07, 6.45) is 3.41. The van der Waals surface area contributed by atoms with Crippen molar-refractivity contribution in [2.45, 2.75) is 0 Å². The number of rotatable bonds is 4. The fraction of sp³-hybridized carbons (Fsp3) is 0. The van der Waals surface area contributed by atoms with Crippen LogP contribution in [0.5, 0.6) is 0 Å². The van der Waals surface area contributed by atoms with Crippen molar-refractivity contribution in [3.63, 3.8) is 0 Å². The Labute approximate surface area is 253 Å². The van der Waals surface area contributed by atoms with E-state index < -0.39 is 0 Å². The zero-order chi connectivity index (χ0) is 29.5. The van der Waals surface area contributed by atoms with Crippen LogP contribution >= 0.6 is 0 Å². The average molecular weight is 563 g/mol. The molecule has 0 atom stereocenters. The van der Waals surface area contributed by atoms with Gasteiger partial charge in [0.15, 0.2) is 0 Å². The van der Waals surface area contributed by atoms with Crippen LogP contribution in [-0.4, -0.2) is 8.97 Å². The number of para-hydroxylation sites is 3. The maximum absolute atomic E-state index is 13.7. The van der Waals surface area contributed by atoms with Crippen LogP contribution in [-0.2, 0) is 0 Å². The second-order valence-corrected chi connectivity index (χ2v) is 11.4. The number of hydrogen-bond donors (Lipinski definition) is 0. The normalized spacial score (nSPS) is 11.9. The van der Waals surface area contributed by atoms with Crippen LogP contribution in [0.2, 0.25) is 0 Å². The first kappa shape index (κ1) is 24.6. The molecule has 6 aromatic carbocycles. The minimum atomic E-state index is -0.0673. The first-order chi connectivity index (χ1) is 21.7. The van der Waals surface area contributed by atoms with Crippen molar-refractivity contribution >= 4 is 71.9 Å². The molecule has 0 unspecified atom stereocenters. The minimum absolute atomic E-state index is 0.0673. The quantitative estimate of drug-likeness (QED) is 0.210. The summed E-state index contributed by atoms with van der Waals surface area (Å²) in [4.78, 5) is 13.7. The summed E-state index contributed by atoms with van der Waals surface area (Å²) >= 11 is 0. The van der Waals surface area contributed by atoms with Gasteiger partial charge in [-0.1, -0.05) is 116 Å². The second kappa shape index (κ2) is 9.03. The van der Waals surface area contributed by atoms with Crippen molar-refractivity contribution < 1.29 is 0 Å². The standard InChI is InChI=1S/C41H26N2O/c1-3-26-27(4-2)41(44)43-39-22-20-25(24-35(39)34-17-11-16-33(26)40(34)43)28-21-23-38(30-13-6-5-12-29(28)30)42-36-18-9-7-14-31(36)32-15-8-10-19-37(32)42/h3-24H,1-2H2. The summed E-state index contributed by atoms with van der Waals surface area (Å²) in [5.74, 6) is 0. The predicted molar refractivity (Wildman–Crippen MR) is 187 cm³/mol. The Morgan fingerprint density at radius 3 is 1.82 bits per heavy atom. The van der Waals surface area contributed by atoms with Gasteiger partial charge < -0.3 is 4.57 Å². The minimum Gasteiger partial charge on any atom is -0.309 e. The highest BCUT2D eigenvalue weighted by molar-refractivity contribution is 6.17. The molecule has 3 heteroatoms. The molecule has 206 valence electrons. The van der Waals surface area contributed by atoms with Gasteiger partial charge in [-0.05, 0) is 52.4 Å². The van der Waals surface area contributed by atoms with E-state index in [1.54, 1.807) is 12.2 Å². The fourth-order valence-electron chi connectivity index (χ4n) is 7.37. The van der Waals surface area contributed by atoms with Crippen molar-refractivity contribution in [3.05, 3.63) is 156 Å². The van der Waals surface area contributed by atoms with E-state index in [1.165, 1.54) is 32.6 Å². The summed E-state index contributed by atoms with van der Waals surface area (Å²) in [6.45, 7) is 7.94. The lowest BCUT2D eigenvalue weighted by atomic mass is 9.95. The molecule has 0 aliphatic rings. The second-order valence-electron chi connectivity index (χ2n) is 11.4. The van der Waals surface area contributed by atoms with Crippen LogP contribution in [0.4, 0.5) is 0 Å². The topological polar surface area (TPSA) is 26.4 Å². The summed E-state index contributed by atoms with van der Waals surface area (Å²) in [6, 6.07) is 43.1. The molecule has 0 aliphatic heterocycles. The highest BCUT2D eigenvalue weighted by Gasteiger charge is 2.20. The molecular formula is C41H26N2O. The molecule has 9 rings (SSSR count). The van der Waals surface area contributed by atoms with Gasteiger partial charge in [-0.3, -0.25) is 9.20 Å². The molecule has 0 spiro atoms. The SMILES string of the molecule is C=Cc1c(C=C)c2cccc3c4cc(-c5ccc(-n6c7ccccc7c7ccccc76)c6ccccc56)ccc4n(c1=O)c23. The number of fused-ring (bicyclic) bond motifs is 7. The lowest BCUT2D eigenvalue weighted by Crippen LogP contribution is -2.17. The summed E-state index contributed by atoms with van der Waals surface area (Å²) in [5.41, 5.74) is 8.97. The molecule has 0 aliphatic carbocycles. The van der Waals surface area contributed by atoms with E-state index in [4.69, 9.17) is 0 Å². The number of aromatic nitrogens is 2. The third-order valence-corrected chi connectivity index (χ3v) is 9.24. The Kier molecular flexibility index (Phi) is 5.06. The number of nitrogens with zero attached hydrogens (tertiary/aromatic N) is 2. The van der Waals surface area contributed by atoms with Gasteiger partial charge in [0, 0.05) is 37.9 Å². The smallest absolute Gasteiger partial charge is 0.263 e. The highest BCUT2D eigenvalue weighted by atomic mass is 16.1. The largest absolute Gasteiger partial charge is 0.309 e. The van der Waals surface area contributed by atoms with Gasteiger partial charge in [0.05, 0.1) is 27.8 Å². The Bertz CT molecular complexity index is 2670. The molecule has 0 saturated carbocycles. The van der Waals surface area contributed by atoms with E-state index in [2.05, 4.69) is 139 Å². The molecule has 0 fully saturated rings. The fourth-order valence-corrected chi connectivity index (χ4v) is 7.37. The van der Waals surface area contributed by atoms with E-state index in [9.17, 15) is 4.79 Å². The lowest BCUT2D eigenvalue weighted by molar-refractivity contribution is 1.17. The van der Waals surface area contributed by atoms with Crippen LogP contribution < -0.4 is 5.56 Å². The monoisotopic (exact) mass is 562 g/mol. The first-order valence-corrected chi connectivity index (χ1v) is 14.8.